The van der Waals surface area contributed by atoms with Crippen LogP contribution in [0, 0.1) is 0 Å². The van der Waals surface area contributed by atoms with Gasteiger partial charge in [-0.2, -0.15) is 0 Å². The Balaban J connectivity index is 0.000000396. The largest absolute Gasteiger partial charge is 0.508 e. The van der Waals surface area contributed by atoms with Gasteiger partial charge in [-0.15, -0.1) is 0 Å². The molecule has 1 aromatic rings. The summed E-state index contributed by atoms with van der Waals surface area (Å²) in [5, 5.41) is 19.5. The molecule has 2 atom stereocenters. The molecule has 1 saturated heterocycles. The number of carbonyl (C=O) groups excluding carboxylic acids is 2. The number of rotatable bonds is 1. The molecule has 0 radical (unpaired) electrons. The van der Waals surface area contributed by atoms with Gasteiger partial charge in [0.1, 0.15) is 17.1 Å². The van der Waals surface area contributed by atoms with Gasteiger partial charge in [0.15, 0.2) is 5.78 Å². The van der Waals surface area contributed by atoms with Gasteiger partial charge in [-0.3, -0.25) is 4.79 Å². The highest BCUT2D eigenvalue weighted by Crippen LogP contribution is 2.31. The van der Waals surface area contributed by atoms with Crippen molar-refractivity contribution in [1.29, 1.82) is 0 Å². The first-order valence-electron chi connectivity index (χ1n) is 10.2. The van der Waals surface area contributed by atoms with E-state index < -0.39 is 11.7 Å². The molecule has 0 spiro atoms. The number of phenols is 2. The summed E-state index contributed by atoms with van der Waals surface area (Å²) in [4.78, 5) is 24.2. The van der Waals surface area contributed by atoms with Crippen molar-refractivity contribution in [2.45, 2.75) is 58.7 Å². The van der Waals surface area contributed by atoms with E-state index in [4.69, 9.17) is 9.47 Å². The minimum atomic E-state index is -0.705. The molecule has 2 N–H and O–H groups in total. The smallest absolute Gasteiger partial charge is 0.342 e. The van der Waals surface area contributed by atoms with Crippen molar-refractivity contribution in [3.8, 4) is 11.5 Å². The number of aromatic hydroxyl groups is 2. The Labute approximate surface area is 177 Å². The number of phenolic OH excluding ortho intramolecular Hbond substituents is 2. The Morgan fingerprint density at radius 3 is 2.53 bits per heavy atom. The van der Waals surface area contributed by atoms with Crippen molar-refractivity contribution >= 4 is 11.8 Å². The molecule has 162 valence electrons. The van der Waals surface area contributed by atoms with Crippen molar-refractivity contribution < 1.29 is 29.3 Å². The van der Waals surface area contributed by atoms with E-state index in [2.05, 4.69) is 19.1 Å². The first-order valence-corrected chi connectivity index (χ1v) is 10.2. The van der Waals surface area contributed by atoms with Crippen molar-refractivity contribution in [3.63, 3.8) is 0 Å². The maximum absolute atomic E-state index is 12.2. The fraction of sp³-hybridized carbons (Fsp3) is 0.417. The molecule has 2 aliphatic rings. The van der Waals surface area contributed by atoms with Crippen LogP contribution in [0.5, 0.6) is 11.5 Å². The number of ether oxygens (including phenoxy) is 2. The lowest BCUT2D eigenvalue weighted by atomic mass is 10.00. The molecule has 1 aromatic carbocycles. The number of carbonyl (C=O) groups is 2. The summed E-state index contributed by atoms with van der Waals surface area (Å²) in [7, 11) is 0. The molecule has 0 saturated carbocycles. The summed E-state index contributed by atoms with van der Waals surface area (Å²) in [6.45, 7) is 6.33. The van der Waals surface area contributed by atoms with E-state index in [-0.39, 0.29) is 47.9 Å². The van der Waals surface area contributed by atoms with Gasteiger partial charge in [-0.25, -0.2) is 4.79 Å². The van der Waals surface area contributed by atoms with Crippen molar-refractivity contribution in [2.24, 2.45) is 0 Å². The number of cyclic esters (lactones) is 1. The van der Waals surface area contributed by atoms with Crippen LogP contribution in [0.2, 0.25) is 0 Å². The van der Waals surface area contributed by atoms with Crippen molar-refractivity contribution in [3.05, 3.63) is 59.2 Å². The number of benzene rings is 1. The van der Waals surface area contributed by atoms with E-state index in [1.807, 2.05) is 19.9 Å². The van der Waals surface area contributed by atoms with Crippen molar-refractivity contribution in [2.75, 3.05) is 6.61 Å². The number of esters is 1. The van der Waals surface area contributed by atoms with Crippen LogP contribution in [0.4, 0.5) is 0 Å². The molecule has 0 amide bonds. The summed E-state index contributed by atoms with van der Waals surface area (Å²) in [5.74, 6) is -1.52. The molecular weight excluding hydrogens is 384 g/mol. The number of hydrogen-bond acceptors (Lipinski definition) is 6. The van der Waals surface area contributed by atoms with E-state index >= 15 is 0 Å². The molecule has 6 nitrogen and oxygen atoms in total. The number of ketones is 1. The average molecular weight is 414 g/mol. The zero-order chi connectivity index (χ0) is 22.1. The molecule has 2 unspecified atom stereocenters. The van der Waals surface area contributed by atoms with Gasteiger partial charge in [0.05, 0.1) is 18.8 Å². The second-order valence-electron chi connectivity index (χ2n) is 7.29. The van der Waals surface area contributed by atoms with Crippen LogP contribution < -0.4 is 0 Å². The van der Waals surface area contributed by atoms with Crippen LogP contribution in [0.3, 0.4) is 0 Å². The third kappa shape index (κ3) is 7.19. The Kier molecular flexibility index (Phi) is 8.87. The fourth-order valence-corrected chi connectivity index (χ4v) is 3.15. The number of hydrogen-bond donors (Lipinski definition) is 2. The normalized spacial score (nSPS) is 23.4. The Hall–Kier alpha value is -2.86. The van der Waals surface area contributed by atoms with Crippen LogP contribution in [0.15, 0.2) is 48.1 Å². The van der Waals surface area contributed by atoms with Crippen LogP contribution in [0.25, 0.3) is 0 Å². The van der Waals surface area contributed by atoms with E-state index in [1.54, 1.807) is 6.08 Å². The van der Waals surface area contributed by atoms with Crippen LogP contribution >= 0.6 is 0 Å². The predicted octanol–water partition coefficient (Wildman–Crippen LogP) is 4.40. The minimum Gasteiger partial charge on any atom is -0.508 e. The van der Waals surface area contributed by atoms with E-state index in [0.29, 0.717) is 6.42 Å². The highest BCUT2D eigenvalue weighted by molar-refractivity contribution is 5.98. The van der Waals surface area contributed by atoms with Crippen LogP contribution in [0.1, 0.15) is 56.0 Å². The lowest BCUT2D eigenvalue weighted by Crippen LogP contribution is -2.13. The van der Waals surface area contributed by atoms with Gasteiger partial charge in [0.2, 0.25) is 0 Å². The molecule has 0 bridgehead atoms. The van der Waals surface area contributed by atoms with E-state index in [9.17, 15) is 19.8 Å². The first-order chi connectivity index (χ1) is 14.3. The summed E-state index contributed by atoms with van der Waals surface area (Å²) in [5.41, 5.74) is 1.50. The molecule has 0 aromatic heterocycles. The summed E-state index contributed by atoms with van der Waals surface area (Å²) < 4.78 is 10.6. The standard InChI is InChI=1S/C17H18O6.C7H12/c18-11-3-1-2-4-14-15(23-14)5-6-22-17(21)16-10(7-11)8-12(19)9-13(16)20;1-4-6-7(3)5-2/h1,3,8-9,14-15,19-20H,2,4-7H2;4-6H,1-3H3/b3-1+;6-4-,7-5-. The third-order valence-electron chi connectivity index (χ3n) is 4.88. The topological polar surface area (TPSA) is 96.4 Å². The Morgan fingerprint density at radius 2 is 1.87 bits per heavy atom. The molecule has 2 heterocycles. The minimum absolute atomic E-state index is 0.0742. The zero-order valence-corrected chi connectivity index (χ0v) is 17.8. The Bertz CT molecular complexity index is 849. The van der Waals surface area contributed by atoms with Gasteiger partial charge in [-0.05, 0) is 51.3 Å². The highest BCUT2D eigenvalue weighted by atomic mass is 16.6. The van der Waals surface area contributed by atoms with Gasteiger partial charge in [0.25, 0.3) is 0 Å². The van der Waals surface area contributed by atoms with Gasteiger partial charge < -0.3 is 19.7 Å². The molecule has 0 aliphatic carbocycles. The van der Waals surface area contributed by atoms with Gasteiger partial charge in [0, 0.05) is 18.9 Å². The quantitative estimate of drug-likeness (QED) is 0.402. The number of fused-ring (bicyclic) bond motifs is 2. The highest BCUT2D eigenvalue weighted by Gasteiger charge is 2.37. The average Bonchev–Trinajstić information content (AvgIpc) is 3.43. The Morgan fingerprint density at radius 1 is 1.13 bits per heavy atom. The van der Waals surface area contributed by atoms with Crippen molar-refractivity contribution in [1.82, 2.24) is 0 Å². The lowest BCUT2D eigenvalue weighted by Gasteiger charge is -2.11. The maximum atomic E-state index is 12.2. The molecule has 30 heavy (non-hydrogen) atoms. The van der Waals surface area contributed by atoms with Gasteiger partial charge >= 0.3 is 5.97 Å². The number of allylic oxidation sites excluding steroid dienone is 6. The van der Waals surface area contributed by atoms with E-state index in [0.717, 1.165) is 18.9 Å². The maximum Gasteiger partial charge on any atom is 0.342 e. The van der Waals surface area contributed by atoms with Gasteiger partial charge in [-0.1, -0.05) is 29.9 Å². The summed E-state index contributed by atoms with van der Waals surface area (Å²) in [6, 6.07) is 2.36. The van der Waals surface area contributed by atoms with Crippen LogP contribution in [-0.4, -0.2) is 40.8 Å². The second kappa shape index (κ2) is 11.4. The third-order valence-corrected chi connectivity index (χ3v) is 4.88. The second-order valence-corrected chi connectivity index (χ2v) is 7.29. The number of epoxide rings is 1. The monoisotopic (exact) mass is 414 g/mol. The van der Waals surface area contributed by atoms with Crippen LogP contribution in [-0.2, 0) is 20.7 Å². The molecule has 3 rings (SSSR count). The molecular formula is C24H30O6. The predicted molar refractivity (Wildman–Crippen MR) is 115 cm³/mol. The molecule has 6 heteroatoms. The fourth-order valence-electron chi connectivity index (χ4n) is 3.15. The first kappa shape index (κ1) is 23.4. The summed E-state index contributed by atoms with van der Waals surface area (Å²) >= 11 is 0. The lowest BCUT2D eigenvalue weighted by molar-refractivity contribution is -0.114. The molecule has 1 fully saturated rings. The SMILES string of the molecule is C/C=C\C(C)=C/C.O=C1/C=C/CCC2OC2CCOC(=O)c2c(O)cc(O)cc2C1. The summed E-state index contributed by atoms with van der Waals surface area (Å²) in [6.07, 6.45) is 11.8. The zero-order valence-electron chi connectivity index (χ0n) is 17.8. The molecule has 2 aliphatic heterocycles. The van der Waals surface area contributed by atoms with E-state index in [1.165, 1.54) is 17.7 Å².